The van der Waals surface area contributed by atoms with Crippen molar-refractivity contribution in [2.75, 3.05) is 4.90 Å². The smallest absolute Gasteiger partial charge is 0.0476 e. The van der Waals surface area contributed by atoms with Gasteiger partial charge >= 0.3 is 0 Å². The van der Waals surface area contributed by atoms with Crippen molar-refractivity contribution in [1.82, 2.24) is 0 Å². The molecule has 0 N–H and O–H groups in total. The summed E-state index contributed by atoms with van der Waals surface area (Å²) >= 11 is 5.63. The van der Waals surface area contributed by atoms with E-state index in [4.69, 9.17) is 0 Å². The minimum Gasteiger partial charge on any atom is -0.310 e. The van der Waals surface area contributed by atoms with Crippen molar-refractivity contribution >= 4 is 122 Å². The maximum Gasteiger partial charge on any atom is 0.0476 e. The first-order valence-corrected chi connectivity index (χ1v) is 17.2. The molecular weight excluding hydrogens is 591 g/mol. The fourth-order valence-corrected chi connectivity index (χ4v) is 10.2. The summed E-state index contributed by atoms with van der Waals surface area (Å²) in [5, 5.41) is 10.6. The fourth-order valence-electron chi connectivity index (χ4n) is 6.83. The highest BCUT2D eigenvalue weighted by atomic mass is 32.1. The van der Waals surface area contributed by atoms with Gasteiger partial charge < -0.3 is 4.90 Å². The summed E-state index contributed by atoms with van der Waals surface area (Å²) in [6.45, 7) is 0. The van der Waals surface area contributed by atoms with E-state index >= 15 is 0 Å². The van der Waals surface area contributed by atoms with Crippen LogP contribution in [0, 0.1) is 0 Å². The molecule has 10 aromatic rings. The topological polar surface area (TPSA) is 3.24 Å². The van der Waals surface area contributed by atoms with E-state index in [1.807, 2.05) is 34.0 Å². The van der Waals surface area contributed by atoms with Crippen LogP contribution in [0.3, 0.4) is 0 Å². The van der Waals surface area contributed by atoms with Crippen LogP contribution < -0.4 is 4.90 Å². The molecule has 0 saturated carbocycles. The van der Waals surface area contributed by atoms with Gasteiger partial charge in [0.15, 0.2) is 0 Å². The molecule has 0 radical (unpaired) electrons. The van der Waals surface area contributed by atoms with E-state index in [9.17, 15) is 0 Å². The molecule has 7 aromatic carbocycles. The van der Waals surface area contributed by atoms with Gasteiger partial charge in [0.25, 0.3) is 0 Å². The number of hydrogen-bond donors (Lipinski definition) is 0. The van der Waals surface area contributed by atoms with E-state index in [2.05, 4.69) is 144 Å². The van der Waals surface area contributed by atoms with Gasteiger partial charge in [0.1, 0.15) is 0 Å². The first-order chi connectivity index (χ1) is 21.8. The molecule has 3 aromatic heterocycles. The van der Waals surface area contributed by atoms with Crippen LogP contribution in [0.2, 0.25) is 0 Å². The predicted molar refractivity (Wildman–Crippen MR) is 197 cm³/mol. The highest BCUT2D eigenvalue weighted by Crippen LogP contribution is 2.46. The van der Waals surface area contributed by atoms with Crippen molar-refractivity contribution < 1.29 is 0 Å². The van der Waals surface area contributed by atoms with Crippen LogP contribution in [0.4, 0.5) is 17.1 Å². The number of rotatable bonds is 3. The third-order valence-corrected chi connectivity index (χ3v) is 12.2. The van der Waals surface area contributed by atoms with Crippen molar-refractivity contribution in [2.24, 2.45) is 0 Å². The molecule has 0 aliphatic heterocycles. The van der Waals surface area contributed by atoms with Gasteiger partial charge in [-0.3, -0.25) is 0 Å². The fraction of sp³-hybridized carbons (Fsp3) is 0. The monoisotopic (exact) mass is 613 g/mol. The Balaban J connectivity index is 1.24. The van der Waals surface area contributed by atoms with Crippen molar-refractivity contribution in [2.45, 2.75) is 0 Å². The molecule has 0 unspecified atom stereocenters. The Morgan fingerprint density at radius 3 is 1.48 bits per heavy atom. The number of anilines is 3. The van der Waals surface area contributed by atoms with Gasteiger partial charge in [0.2, 0.25) is 0 Å². The zero-order valence-corrected chi connectivity index (χ0v) is 25.9. The lowest BCUT2D eigenvalue weighted by molar-refractivity contribution is 1.30. The largest absolute Gasteiger partial charge is 0.310 e. The van der Waals surface area contributed by atoms with Crippen LogP contribution >= 0.6 is 34.0 Å². The van der Waals surface area contributed by atoms with E-state index in [-0.39, 0.29) is 0 Å². The standard InChI is InChI=1S/C40H23NS3/c1-2-8-28-24(7-1)13-19-37-40(28)33-21-25(16-20-36(33)42-37)41(26-14-17-31-29-9-3-5-11-34(29)43-38(31)22-26)27-15-18-32-30-10-4-6-12-35(30)44-39(32)23-27/h1-23H. The molecule has 1 nitrogen and oxygen atoms in total. The van der Waals surface area contributed by atoms with Crippen LogP contribution in [-0.2, 0) is 0 Å². The molecular formula is C40H23NS3. The Labute approximate surface area is 265 Å². The molecule has 206 valence electrons. The zero-order chi connectivity index (χ0) is 28.8. The lowest BCUT2D eigenvalue weighted by Gasteiger charge is -2.26. The summed E-state index contributed by atoms with van der Waals surface area (Å²) < 4.78 is 7.93. The second-order valence-corrected chi connectivity index (χ2v) is 14.6. The zero-order valence-electron chi connectivity index (χ0n) is 23.5. The van der Waals surface area contributed by atoms with Crippen LogP contribution in [0.5, 0.6) is 0 Å². The van der Waals surface area contributed by atoms with Crippen molar-refractivity contribution in [1.29, 1.82) is 0 Å². The van der Waals surface area contributed by atoms with E-state index in [0.717, 1.165) is 0 Å². The molecule has 0 amide bonds. The predicted octanol–water partition coefficient (Wildman–Crippen LogP) is 13.4. The van der Waals surface area contributed by atoms with Crippen LogP contribution in [0.25, 0.3) is 71.3 Å². The number of nitrogens with zero attached hydrogens (tertiary/aromatic N) is 1. The number of thiophene rings is 3. The highest BCUT2D eigenvalue weighted by Gasteiger charge is 2.18. The summed E-state index contributed by atoms with van der Waals surface area (Å²) in [6.07, 6.45) is 0. The Hall–Kier alpha value is -4.74. The normalized spacial score (nSPS) is 12.1. The van der Waals surface area contributed by atoms with E-state index in [0.29, 0.717) is 0 Å². The molecule has 0 atom stereocenters. The van der Waals surface area contributed by atoms with Crippen LogP contribution in [-0.4, -0.2) is 0 Å². The first-order valence-electron chi connectivity index (χ1n) is 14.8. The Bertz CT molecular complexity index is 2630. The average Bonchev–Trinajstić information content (AvgIpc) is 3.75. The average molecular weight is 614 g/mol. The Kier molecular flexibility index (Phi) is 5.26. The van der Waals surface area contributed by atoms with Gasteiger partial charge in [0.05, 0.1) is 0 Å². The second kappa shape index (κ2) is 9.38. The van der Waals surface area contributed by atoms with Crippen molar-refractivity contribution in [3.8, 4) is 0 Å². The molecule has 0 fully saturated rings. The molecule has 3 heterocycles. The molecule has 4 heteroatoms. The minimum absolute atomic E-state index is 1.17. The summed E-state index contributed by atoms with van der Waals surface area (Å²) in [5.41, 5.74) is 3.52. The molecule has 0 bridgehead atoms. The highest BCUT2D eigenvalue weighted by molar-refractivity contribution is 7.26. The molecule has 10 rings (SSSR count). The Morgan fingerprint density at radius 1 is 0.318 bits per heavy atom. The third kappa shape index (κ3) is 3.62. The van der Waals surface area contributed by atoms with Gasteiger partial charge in [0, 0.05) is 77.6 Å². The summed E-state index contributed by atoms with van der Waals surface area (Å²) in [4.78, 5) is 2.45. The van der Waals surface area contributed by atoms with Crippen LogP contribution in [0.1, 0.15) is 0 Å². The molecule has 0 aliphatic carbocycles. The van der Waals surface area contributed by atoms with Crippen LogP contribution in [0.15, 0.2) is 140 Å². The van der Waals surface area contributed by atoms with Crippen molar-refractivity contribution in [3.63, 3.8) is 0 Å². The maximum absolute atomic E-state index is 2.45. The number of benzene rings is 7. The van der Waals surface area contributed by atoms with Gasteiger partial charge in [-0.25, -0.2) is 0 Å². The summed E-state index contributed by atoms with van der Waals surface area (Å²) in [5.74, 6) is 0. The lowest BCUT2D eigenvalue weighted by atomic mass is 10.0. The number of fused-ring (bicyclic) bond motifs is 11. The molecule has 0 saturated heterocycles. The third-order valence-electron chi connectivity index (χ3n) is 8.84. The molecule has 0 spiro atoms. The van der Waals surface area contributed by atoms with E-state index < -0.39 is 0 Å². The summed E-state index contributed by atoms with van der Waals surface area (Å²) in [7, 11) is 0. The van der Waals surface area contributed by atoms with E-state index in [1.54, 1.807) is 0 Å². The molecule has 44 heavy (non-hydrogen) atoms. The van der Waals surface area contributed by atoms with Gasteiger partial charge in [-0.05, 0) is 71.4 Å². The van der Waals surface area contributed by atoms with Gasteiger partial charge in [-0.2, -0.15) is 0 Å². The lowest BCUT2D eigenvalue weighted by Crippen LogP contribution is -2.09. The Morgan fingerprint density at radius 2 is 0.795 bits per heavy atom. The maximum atomic E-state index is 2.45. The van der Waals surface area contributed by atoms with Gasteiger partial charge in [-0.15, -0.1) is 34.0 Å². The number of hydrogen-bond acceptors (Lipinski definition) is 4. The quantitative estimate of drug-likeness (QED) is 0.192. The second-order valence-electron chi connectivity index (χ2n) is 11.3. The SMILES string of the molecule is c1ccc2c(c1)ccc1sc3ccc(N(c4ccc5c(c4)sc4ccccc45)c4ccc5c(c4)sc4ccccc45)cc3c12. The van der Waals surface area contributed by atoms with E-state index in [1.165, 1.54) is 88.4 Å². The minimum atomic E-state index is 1.17. The first kappa shape index (κ1) is 24.7. The molecule has 0 aliphatic rings. The van der Waals surface area contributed by atoms with Crippen molar-refractivity contribution in [3.05, 3.63) is 140 Å². The summed E-state index contributed by atoms with van der Waals surface area (Å²) in [6, 6.07) is 51.7. The van der Waals surface area contributed by atoms with Gasteiger partial charge in [-0.1, -0.05) is 78.9 Å².